The van der Waals surface area contributed by atoms with Crippen LogP contribution in [-0.2, 0) is 28.4 Å². The molecule has 2 heterocycles. The number of fused-ring (bicyclic) bond motifs is 2. The average molecular weight is 519 g/mol. The third-order valence-electron chi connectivity index (χ3n) is 7.36. The van der Waals surface area contributed by atoms with E-state index in [1.807, 2.05) is 70.3 Å². The Bertz CT molecular complexity index is 1630. The Kier molecular flexibility index (Phi) is 6.37. The topological polar surface area (TPSA) is 105 Å². The normalized spacial score (nSPS) is 18.0. The third kappa shape index (κ3) is 4.53. The van der Waals surface area contributed by atoms with E-state index >= 15 is 0 Å². The van der Waals surface area contributed by atoms with Crippen molar-refractivity contribution < 1.29 is 18.3 Å². The van der Waals surface area contributed by atoms with Crippen molar-refractivity contribution in [1.29, 1.82) is 0 Å². The van der Waals surface area contributed by atoms with Crippen LogP contribution >= 0.6 is 0 Å². The van der Waals surface area contributed by atoms with Gasteiger partial charge < -0.3 is 5.11 Å². The van der Waals surface area contributed by atoms with E-state index in [9.17, 15) is 18.3 Å². The molecule has 37 heavy (non-hydrogen) atoms. The summed E-state index contributed by atoms with van der Waals surface area (Å²) in [6, 6.07) is 16.9. The lowest BCUT2D eigenvalue weighted by Crippen LogP contribution is -2.38. The monoisotopic (exact) mass is 518 g/mol. The Morgan fingerprint density at radius 1 is 1.08 bits per heavy atom. The van der Waals surface area contributed by atoms with Gasteiger partial charge in [0, 0.05) is 26.1 Å². The van der Waals surface area contributed by atoms with E-state index in [-0.39, 0.29) is 18.9 Å². The lowest BCUT2D eigenvalue weighted by molar-refractivity contribution is -0.137. The third-order valence-corrected chi connectivity index (χ3v) is 9.25. The first-order valence-corrected chi connectivity index (χ1v) is 13.7. The molecule has 1 aliphatic rings. The summed E-state index contributed by atoms with van der Waals surface area (Å²) in [4.78, 5) is 12.3. The molecule has 0 aliphatic carbocycles. The second-order valence-electron chi connectivity index (χ2n) is 9.99. The maximum absolute atomic E-state index is 13.4. The Hall–Kier alpha value is -3.56. The molecule has 2 atom stereocenters. The molecule has 0 amide bonds. The van der Waals surface area contributed by atoms with Crippen LogP contribution in [0.25, 0.3) is 11.0 Å². The van der Waals surface area contributed by atoms with Gasteiger partial charge in [-0.2, -0.15) is 4.31 Å². The molecule has 1 N–H and O–H groups in total. The van der Waals surface area contributed by atoms with E-state index in [0.29, 0.717) is 17.0 Å². The summed E-state index contributed by atoms with van der Waals surface area (Å²) in [7, 11) is -1.81. The zero-order chi connectivity index (χ0) is 26.5. The van der Waals surface area contributed by atoms with Gasteiger partial charge in [0.1, 0.15) is 5.52 Å². The van der Waals surface area contributed by atoms with Gasteiger partial charge in [-0.05, 0) is 65.3 Å². The van der Waals surface area contributed by atoms with Crippen molar-refractivity contribution in [2.45, 2.75) is 50.5 Å². The lowest BCUT2D eigenvalue weighted by Gasteiger charge is -2.32. The van der Waals surface area contributed by atoms with Gasteiger partial charge in [-0.1, -0.05) is 54.6 Å². The first kappa shape index (κ1) is 25.1. The van der Waals surface area contributed by atoms with Gasteiger partial charge in [0.25, 0.3) is 0 Å². The fraction of sp³-hybridized carbons (Fsp3) is 0.321. The van der Waals surface area contributed by atoms with Crippen LogP contribution in [0.15, 0.2) is 59.5 Å². The van der Waals surface area contributed by atoms with Crippen molar-refractivity contribution in [2.24, 2.45) is 7.05 Å². The second kappa shape index (κ2) is 9.39. The van der Waals surface area contributed by atoms with Crippen molar-refractivity contribution >= 4 is 27.0 Å². The summed E-state index contributed by atoms with van der Waals surface area (Å²) in [6.45, 7) is 6.58. The van der Waals surface area contributed by atoms with Crippen molar-refractivity contribution in [3.05, 3.63) is 88.0 Å². The maximum Gasteiger partial charge on any atom is 0.304 e. The van der Waals surface area contributed by atoms with Crippen molar-refractivity contribution in [1.82, 2.24) is 19.3 Å². The van der Waals surface area contributed by atoms with E-state index in [1.54, 1.807) is 16.8 Å². The number of aliphatic carboxylic acids is 1. The molecule has 192 valence electrons. The summed E-state index contributed by atoms with van der Waals surface area (Å²) in [5, 5.41) is 18.1. The molecule has 0 saturated carbocycles. The predicted molar refractivity (Wildman–Crippen MR) is 141 cm³/mol. The number of carbonyl (C=O) groups is 1. The highest BCUT2D eigenvalue weighted by molar-refractivity contribution is 7.89. The molecule has 0 fully saturated rings. The molecule has 0 radical (unpaired) electrons. The molecule has 0 spiro atoms. The molecule has 8 nitrogen and oxygen atoms in total. The minimum Gasteiger partial charge on any atom is -0.481 e. The van der Waals surface area contributed by atoms with Crippen LogP contribution in [0.3, 0.4) is 0 Å². The number of carboxylic acids is 1. The van der Waals surface area contributed by atoms with Crippen LogP contribution in [0.5, 0.6) is 0 Å². The van der Waals surface area contributed by atoms with Crippen LogP contribution in [0.2, 0.25) is 0 Å². The fourth-order valence-corrected chi connectivity index (χ4v) is 7.26. The molecule has 5 rings (SSSR count). The Morgan fingerprint density at radius 3 is 2.59 bits per heavy atom. The minimum absolute atomic E-state index is 0.0738. The van der Waals surface area contributed by atoms with Gasteiger partial charge >= 0.3 is 5.97 Å². The minimum atomic E-state index is -3.64. The van der Waals surface area contributed by atoms with Crippen LogP contribution in [-0.4, -0.2) is 45.3 Å². The first-order valence-electron chi connectivity index (χ1n) is 12.3. The number of nitrogens with zero attached hydrogens (tertiary/aromatic N) is 4. The van der Waals surface area contributed by atoms with E-state index < -0.39 is 21.9 Å². The van der Waals surface area contributed by atoms with E-state index in [0.717, 1.165) is 38.9 Å². The lowest BCUT2D eigenvalue weighted by atomic mass is 9.86. The van der Waals surface area contributed by atoms with Crippen molar-refractivity contribution in [3.63, 3.8) is 0 Å². The highest BCUT2D eigenvalue weighted by Crippen LogP contribution is 2.36. The fourth-order valence-electron chi connectivity index (χ4n) is 5.43. The Balaban J connectivity index is 1.54. The van der Waals surface area contributed by atoms with E-state index in [2.05, 4.69) is 10.3 Å². The first-order chi connectivity index (χ1) is 17.6. The number of sulfonamides is 1. The van der Waals surface area contributed by atoms with Gasteiger partial charge in [-0.15, -0.1) is 5.10 Å². The van der Waals surface area contributed by atoms with Gasteiger partial charge in [0.2, 0.25) is 10.0 Å². The molecule has 1 aliphatic heterocycles. The highest BCUT2D eigenvalue weighted by Gasteiger charge is 2.35. The van der Waals surface area contributed by atoms with Crippen LogP contribution in [0, 0.1) is 13.8 Å². The Morgan fingerprint density at radius 2 is 1.84 bits per heavy atom. The zero-order valence-corrected chi connectivity index (χ0v) is 22.2. The van der Waals surface area contributed by atoms with Gasteiger partial charge in [-0.25, -0.2) is 13.1 Å². The summed E-state index contributed by atoms with van der Waals surface area (Å²) < 4.78 is 30.1. The van der Waals surface area contributed by atoms with Crippen LogP contribution in [0.1, 0.15) is 58.6 Å². The summed E-state index contributed by atoms with van der Waals surface area (Å²) >= 11 is 0. The van der Waals surface area contributed by atoms with Crippen LogP contribution in [0.4, 0.5) is 0 Å². The molecular formula is C28H30N4O4S. The standard InChI is InChI=1S/C28H30N4O4S/c1-17-9-10-20(24(14-27(33)34)21-11-18(2)28-25(13-21)29-30-31(28)4)12-22(17)16-32-15-19(3)23-7-5-6-8-26(23)37(32,35)36/h5-13,19,24H,14-16H2,1-4H3,(H,33,34). The number of rotatable bonds is 6. The molecule has 3 aromatic carbocycles. The second-order valence-corrected chi connectivity index (χ2v) is 11.9. The van der Waals surface area contributed by atoms with Crippen molar-refractivity contribution in [2.75, 3.05) is 6.54 Å². The number of hydrogen-bond acceptors (Lipinski definition) is 5. The number of hydrogen-bond donors (Lipinski definition) is 1. The molecule has 4 aromatic rings. The van der Waals surface area contributed by atoms with E-state index in [1.165, 1.54) is 4.31 Å². The van der Waals surface area contributed by atoms with Gasteiger partial charge in [0.05, 0.1) is 16.8 Å². The largest absolute Gasteiger partial charge is 0.481 e. The number of carboxylic acid groups (broad SMARTS) is 1. The molecule has 9 heteroatoms. The summed E-state index contributed by atoms with van der Waals surface area (Å²) in [5.41, 5.74) is 6.93. The predicted octanol–water partition coefficient (Wildman–Crippen LogP) is 4.50. The number of aromatic nitrogens is 3. The highest BCUT2D eigenvalue weighted by atomic mass is 32.2. The van der Waals surface area contributed by atoms with Crippen molar-refractivity contribution in [3.8, 4) is 0 Å². The number of aryl methyl sites for hydroxylation is 3. The van der Waals surface area contributed by atoms with Gasteiger partial charge in [-0.3, -0.25) is 4.79 Å². The molecular weight excluding hydrogens is 488 g/mol. The van der Waals surface area contributed by atoms with E-state index in [4.69, 9.17) is 0 Å². The number of benzene rings is 3. The van der Waals surface area contributed by atoms with Gasteiger partial charge in [0.15, 0.2) is 0 Å². The molecule has 2 unspecified atom stereocenters. The quantitative estimate of drug-likeness (QED) is 0.403. The molecule has 0 bridgehead atoms. The SMILES string of the molecule is Cc1ccc(C(CC(=O)O)c2cc(C)c3c(c2)nnn3C)cc1CN1CC(C)c2ccccc2S1(=O)=O. The Labute approximate surface area is 216 Å². The smallest absolute Gasteiger partial charge is 0.304 e. The summed E-state index contributed by atoms with van der Waals surface area (Å²) in [5.74, 6) is -1.25. The maximum atomic E-state index is 13.4. The zero-order valence-electron chi connectivity index (χ0n) is 21.3. The molecule has 1 aromatic heterocycles. The summed E-state index contributed by atoms with van der Waals surface area (Å²) in [6.07, 6.45) is -0.0971. The molecule has 0 saturated heterocycles. The average Bonchev–Trinajstić information content (AvgIpc) is 3.23. The van der Waals surface area contributed by atoms with Crippen LogP contribution < -0.4 is 0 Å².